The Labute approximate surface area is 133 Å². The molecule has 1 aromatic heterocycles. The van der Waals surface area contributed by atoms with Gasteiger partial charge < -0.3 is 19.7 Å². The Bertz CT molecular complexity index is 501. The quantitative estimate of drug-likeness (QED) is 0.833. The van der Waals surface area contributed by atoms with Gasteiger partial charge >= 0.3 is 5.97 Å². The van der Waals surface area contributed by atoms with Gasteiger partial charge in [0.2, 0.25) is 0 Å². The molecule has 118 valence electrons. The maximum atomic E-state index is 11.5. The van der Waals surface area contributed by atoms with Crippen LogP contribution in [0.3, 0.4) is 0 Å². The van der Waals surface area contributed by atoms with Crippen LogP contribution in [0.1, 0.15) is 22.5 Å². The zero-order valence-electron chi connectivity index (χ0n) is 12.4. The smallest absolute Gasteiger partial charge is 0.351 e. The molecular formula is C13H20ClN3O3S. The molecule has 1 saturated heterocycles. The number of methoxy groups -OCH3 is 1. The number of carbonyl (C=O) groups excluding carboxylic acids is 1. The van der Waals surface area contributed by atoms with Gasteiger partial charge in [-0.1, -0.05) is 22.9 Å². The summed E-state index contributed by atoms with van der Waals surface area (Å²) in [6.45, 7) is 2.24. The molecule has 0 saturated carbocycles. The van der Waals surface area contributed by atoms with E-state index in [1.807, 2.05) is 0 Å². The predicted octanol–water partition coefficient (Wildman–Crippen LogP) is 2.11. The molecule has 1 fully saturated rings. The van der Waals surface area contributed by atoms with Crippen molar-refractivity contribution in [3.63, 3.8) is 0 Å². The van der Waals surface area contributed by atoms with Crippen LogP contribution in [0.4, 0.5) is 5.13 Å². The van der Waals surface area contributed by atoms with Crippen LogP contribution in [0.5, 0.6) is 0 Å². The van der Waals surface area contributed by atoms with Gasteiger partial charge in [0.25, 0.3) is 0 Å². The summed E-state index contributed by atoms with van der Waals surface area (Å²) in [6.07, 6.45) is 1.91. The maximum absolute atomic E-state index is 11.5. The van der Waals surface area contributed by atoms with Crippen LogP contribution < -0.4 is 5.32 Å². The topological polar surface area (TPSA) is 63.7 Å². The number of rotatable bonds is 5. The van der Waals surface area contributed by atoms with Crippen molar-refractivity contribution < 1.29 is 14.3 Å². The average molecular weight is 334 g/mol. The highest BCUT2D eigenvalue weighted by Gasteiger charge is 2.35. The predicted molar refractivity (Wildman–Crippen MR) is 83.4 cm³/mol. The van der Waals surface area contributed by atoms with Crippen LogP contribution in [0.25, 0.3) is 0 Å². The zero-order chi connectivity index (χ0) is 15.5. The number of halogens is 1. The van der Waals surface area contributed by atoms with E-state index < -0.39 is 5.97 Å². The number of hydrogen-bond acceptors (Lipinski definition) is 7. The zero-order valence-corrected chi connectivity index (χ0v) is 14.0. The van der Waals surface area contributed by atoms with E-state index in [9.17, 15) is 4.79 Å². The third-order valence-corrected chi connectivity index (χ3v) is 5.28. The fourth-order valence-corrected chi connectivity index (χ4v) is 3.47. The van der Waals surface area contributed by atoms with Crippen LogP contribution in [-0.2, 0) is 9.47 Å². The molecule has 8 heteroatoms. The fraction of sp³-hybridized carbons (Fsp3) is 0.692. The maximum Gasteiger partial charge on any atom is 0.351 e. The number of anilines is 1. The van der Waals surface area contributed by atoms with Crippen molar-refractivity contribution in [3.05, 3.63) is 10.0 Å². The van der Waals surface area contributed by atoms with E-state index >= 15 is 0 Å². The third-order valence-electron chi connectivity index (χ3n) is 3.90. The second kappa shape index (κ2) is 6.91. The summed E-state index contributed by atoms with van der Waals surface area (Å²) >= 11 is 7.18. The van der Waals surface area contributed by atoms with Gasteiger partial charge in [0.1, 0.15) is 0 Å². The first kappa shape index (κ1) is 16.5. The van der Waals surface area contributed by atoms with Crippen molar-refractivity contribution >= 4 is 34.0 Å². The molecule has 0 bridgehead atoms. The third kappa shape index (κ3) is 3.66. The molecule has 1 aliphatic rings. The molecule has 0 spiro atoms. The lowest BCUT2D eigenvalue weighted by Crippen LogP contribution is -2.53. The van der Waals surface area contributed by atoms with Crippen LogP contribution in [0.15, 0.2) is 0 Å². The number of ether oxygens (including phenoxy) is 2. The highest BCUT2D eigenvalue weighted by Crippen LogP contribution is 2.30. The van der Waals surface area contributed by atoms with E-state index in [4.69, 9.17) is 16.3 Å². The molecule has 0 amide bonds. The molecule has 2 rings (SSSR count). The van der Waals surface area contributed by atoms with E-state index in [1.54, 1.807) is 0 Å². The summed E-state index contributed by atoms with van der Waals surface area (Å²) in [5.74, 6) is -0.459. The molecule has 0 atom stereocenters. The second-order valence-corrected chi connectivity index (χ2v) is 6.57. The number of carbonyl (C=O) groups is 1. The van der Waals surface area contributed by atoms with E-state index in [-0.39, 0.29) is 10.7 Å². The SMILES string of the molecule is COC(=O)c1sc(NCC2(N(C)C)CCOCC2)nc1Cl. The van der Waals surface area contributed by atoms with E-state index in [0.29, 0.717) is 10.0 Å². The van der Waals surface area contributed by atoms with Crippen molar-refractivity contribution in [2.24, 2.45) is 0 Å². The van der Waals surface area contributed by atoms with Gasteiger partial charge in [0, 0.05) is 25.3 Å². The molecule has 0 radical (unpaired) electrons. The summed E-state index contributed by atoms with van der Waals surface area (Å²) < 4.78 is 10.1. The molecule has 2 heterocycles. The minimum atomic E-state index is -0.459. The molecule has 0 unspecified atom stereocenters. The normalized spacial score (nSPS) is 17.8. The molecular weight excluding hydrogens is 314 g/mol. The molecule has 6 nitrogen and oxygen atoms in total. The van der Waals surface area contributed by atoms with Crippen LogP contribution in [-0.4, -0.2) is 62.4 Å². The molecule has 1 aliphatic heterocycles. The fourth-order valence-electron chi connectivity index (χ4n) is 2.37. The minimum absolute atomic E-state index is 0.0296. The van der Waals surface area contributed by atoms with Crippen molar-refractivity contribution in [1.82, 2.24) is 9.88 Å². The van der Waals surface area contributed by atoms with Gasteiger partial charge in [-0.2, -0.15) is 0 Å². The summed E-state index contributed by atoms with van der Waals surface area (Å²) in [6, 6.07) is 0. The van der Waals surface area contributed by atoms with Gasteiger partial charge in [0.15, 0.2) is 15.2 Å². The minimum Gasteiger partial charge on any atom is -0.465 e. The number of thiazole rings is 1. The van der Waals surface area contributed by atoms with Crippen LogP contribution in [0, 0.1) is 0 Å². The summed E-state index contributed by atoms with van der Waals surface area (Å²) in [5.41, 5.74) is 0.0296. The Kier molecular flexibility index (Phi) is 5.43. The number of nitrogens with one attached hydrogen (secondary N) is 1. The highest BCUT2D eigenvalue weighted by molar-refractivity contribution is 7.18. The number of esters is 1. The van der Waals surface area contributed by atoms with Crippen molar-refractivity contribution in [3.8, 4) is 0 Å². The Morgan fingerprint density at radius 3 is 2.76 bits per heavy atom. The average Bonchev–Trinajstić information content (AvgIpc) is 2.86. The Balaban J connectivity index is 2.06. The van der Waals surface area contributed by atoms with E-state index in [2.05, 4.69) is 34.0 Å². The Morgan fingerprint density at radius 2 is 2.19 bits per heavy atom. The van der Waals surface area contributed by atoms with Gasteiger partial charge in [0.05, 0.1) is 7.11 Å². The molecule has 21 heavy (non-hydrogen) atoms. The number of nitrogens with zero attached hydrogens (tertiary/aromatic N) is 2. The lowest BCUT2D eigenvalue weighted by atomic mass is 9.88. The molecule has 0 aromatic carbocycles. The largest absolute Gasteiger partial charge is 0.465 e. The van der Waals surface area contributed by atoms with Gasteiger partial charge in [-0.25, -0.2) is 9.78 Å². The molecule has 0 aliphatic carbocycles. The Morgan fingerprint density at radius 1 is 1.52 bits per heavy atom. The highest BCUT2D eigenvalue weighted by atomic mass is 35.5. The monoisotopic (exact) mass is 333 g/mol. The lowest BCUT2D eigenvalue weighted by molar-refractivity contribution is -0.000630. The summed E-state index contributed by atoms with van der Waals surface area (Å²) in [7, 11) is 5.47. The van der Waals surface area contributed by atoms with Gasteiger partial charge in [-0.05, 0) is 26.9 Å². The second-order valence-electron chi connectivity index (χ2n) is 5.22. The first-order valence-electron chi connectivity index (χ1n) is 6.72. The van der Waals surface area contributed by atoms with Crippen molar-refractivity contribution in [2.45, 2.75) is 18.4 Å². The van der Waals surface area contributed by atoms with E-state index in [1.165, 1.54) is 18.4 Å². The van der Waals surface area contributed by atoms with Crippen molar-refractivity contribution in [1.29, 1.82) is 0 Å². The van der Waals surface area contributed by atoms with Crippen LogP contribution >= 0.6 is 22.9 Å². The standard InChI is InChI=1S/C13H20ClN3O3S/c1-17(2)13(4-6-20-7-5-13)8-15-12-16-10(14)9(21-12)11(18)19-3/h4-8H2,1-3H3,(H,15,16). The first-order chi connectivity index (χ1) is 9.98. The number of hydrogen-bond donors (Lipinski definition) is 1. The number of aromatic nitrogens is 1. The first-order valence-corrected chi connectivity index (χ1v) is 7.91. The van der Waals surface area contributed by atoms with Gasteiger partial charge in [-0.15, -0.1) is 0 Å². The lowest BCUT2D eigenvalue weighted by Gasteiger charge is -2.42. The van der Waals surface area contributed by atoms with Gasteiger partial charge in [-0.3, -0.25) is 0 Å². The van der Waals surface area contributed by atoms with E-state index in [0.717, 1.165) is 32.6 Å². The Hall–Kier alpha value is -0.890. The molecule has 1 N–H and O–H groups in total. The number of likely N-dealkylation sites (N-methyl/N-ethyl adjacent to an activating group) is 1. The summed E-state index contributed by atoms with van der Waals surface area (Å²) in [5, 5.41) is 4.11. The summed E-state index contributed by atoms with van der Waals surface area (Å²) in [4.78, 5) is 18.3. The van der Waals surface area contributed by atoms with Crippen molar-refractivity contribution in [2.75, 3.05) is 46.3 Å². The molecule has 1 aromatic rings. The van der Waals surface area contributed by atoms with Crippen LogP contribution in [0.2, 0.25) is 5.15 Å².